The van der Waals surface area contributed by atoms with Gasteiger partial charge >= 0.3 is 0 Å². The van der Waals surface area contributed by atoms with Crippen LogP contribution in [-0.4, -0.2) is 4.98 Å². The highest BCUT2D eigenvalue weighted by atomic mass is 14.7. The van der Waals surface area contributed by atoms with Crippen LogP contribution in [0.25, 0.3) is 33.3 Å². The van der Waals surface area contributed by atoms with Crippen LogP contribution < -0.4 is 0 Å². The first-order valence-corrected chi connectivity index (χ1v) is 11.5. The minimum atomic E-state index is -0.312. The number of nitrogens with zero attached hydrogens (tertiary/aromatic N) is 1. The fourth-order valence-corrected chi connectivity index (χ4v) is 5.61. The maximum atomic E-state index is 5.22. The fraction of sp³-hybridized carbons (Fsp3) is 0.0938. The van der Waals surface area contributed by atoms with Gasteiger partial charge in [0.15, 0.2) is 0 Å². The summed E-state index contributed by atoms with van der Waals surface area (Å²) in [7, 11) is 0. The molecule has 1 atom stereocenters. The lowest BCUT2D eigenvalue weighted by Gasteiger charge is -2.33. The Hall–Kier alpha value is -3.97. The molecule has 0 N–H and O–H groups in total. The molecule has 1 unspecified atom stereocenters. The number of fused-ring (bicyclic) bond motifs is 5. The van der Waals surface area contributed by atoms with Crippen molar-refractivity contribution in [3.63, 3.8) is 0 Å². The van der Waals surface area contributed by atoms with E-state index in [0.717, 1.165) is 23.2 Å². The van der Waals surface area contributed by atoms with E-state index in [2.05, 4.69) is 123 Å². The van der Waals surface area contributed by atoms with Gasteiger partial charge in [-0.2, -0.15) is 0 Å². The number of benzene rings is 4. The molecule has 0 bridgehead atoms. The molecular formula is C32H25N. The van der Waals surface area contributed by atoms with Crippen molar-refractivity contribution in [2.75, 3.05) is 0 Å². The van der Waals surface area contributed by atoms with Crippen molar-refractivity contribution in [3.8, 4) is 22.4 Å². The van der Waals surface area contributed by atoms with Gasteiger partial charge in [-0.15, -0.1) is 6.58 Å². The Morgan fingerprint density at radius 1 is 0.788 bits per heavy atom. The quantitative estimate of drug-likeness (QED) is 0.266. The SMILES string of the molecule is C=CCC1(c2ccc(C)cc2)c2ccccc2-c2c(-c3ccccc3)nc3ccccc3c21. The second-order valence-electron chi connectivity index (χ2n) is 8.90. The summed E-state index contributed by atoms with van der Waals surface area (Å²) >= 11 is 0. The number of aryl methyl sites for hydroxylation is 1. The van der Waals surface area contributed by atoms with Crippen molar-refractivity contribution in [1.29, 1.82) is 0 Å². The van der Waals surface area contributed by atoms with Crippen LogP contribution in [0, 0.1) is 6.92 Å². The number of hydrogen-bond acceptors (Lipinski definition) is 1. The molecular weight excluding hydrogens is 398 g/mol. The average Bonchev–Trinajstić information content (AvgIpc) is 3.16. The number of hydrogen-bond donors (Lipinski definition) is 0. The van der Waals surface area contributed by atoms with Gasteiger partial charge < -0.3 is 0 Å². The molecule has 0 amide bonds. The summed E-state index contributed by atoms with van der Waals surface area (Å²) in [5.41, 5.74) is 10.7. The molecule has 0 spiro atoms. The molecule has 1 nitrogen and oxygen atoms in total. The molecule has 0 saturated heterocycles. The molecule has 33 heavy (non-hydrogen) atoms. The number of aromatic nitrogens is 1. The van der Waals surface area contributed by atoms with Crippen LogP contribution in [0.4, 0.5) is 0 Å². The zero-order valence-corrected chi connectivity index (χ0v) is 18.8. The van der Waals surface area contributed by atoms with Gasteiger partial charge in [0.1, 0.15) is 0 Å². The highest BCUT2D eigenvalue weighted by molar-refractivity contribution is 6.02. The van der Waals surface area contributed by atoms with Crippen LogP contribution >= 0.6 is 0 Å². The second-order valence-corrected chi connectivity index (χ2v) is 8.90. The van der Waals surface area contributed by atoms with Gasteiger partial charge in [0.2, 0.25) is 0 Å². The summed E-state index contributed by atoms with van der Waals surface area (Å²) in [6.07, 6.45) is 2.89. The van der Waals surface area contributed by atoms with Crippen LogP contribution in [0.5, 0.6) is 0 Å². The number of rotatable bonds is 4. The number of allylic oxidation sites excluding steroid dienone is 1. The summed E-state index contributed by atoms with van der Waals surface area (Å²) < 4.78 is 0. The predicted molar refractivity (Wildman–Crippen MR) is 138 cm³/mol. The highest BCUT2D eigenvalue weighted by Gasteiger charge is 2.46. The first kappa shape index (κ1) is 19.7. The molecule has 5 aromatic rings. The minimum Gasteiger partial charge on any atom is -0.247 e. The molecule has 0 fully saturated rings. The van der Waals surface area contributed by atoms with E-state index < -0.39 is 0 Å². The van der Waals surface area contributed by atoms with Gasteiger partial charge in [0, 0.05) is 16.5 Å². The first-order valence-electron chi connectivity index (χ1n) is 11.5. The van der Waals surface area contributed by atoms with Crippen molar-refractivity contribution in [1.82, 2.24) is 4.98 Å². The Morgan fingerprint density at radius 3 is 2.27 bits per heavy atom. The van der Waals surface area contributed by atoms with E-state index in [1.807, 2.05) is 0 Å². The van der Waals surface area contributed by atoms with Crippen LogP contribution in [-0.2, 0) is 5.41 Å². The van der Waals surface area contributed by atoms with Crippen LogP contribution in [0.15, 0.2) is 116 Å². The lowest BCUT2D eigenvalue weighted by Crippen LogP contribution is -2.26. The molecule has 1 aliphatic carbocycles. The second kappa shape index (κ2) is 7.56. The largest absolute Gasteiger partial charge is 0.247 e. The van der Waals surface area contributed by atoms with Crippen molar-refractivity contribution >= 4 is 10.9 Å². The van der Waals surface area contributed by atoms with E-state index in [4.69, 9.17) is 4.98 Å². The van der Waals surface area contributed by atoms with E-state index in [1.54, 1.807) is 0 Å². The normalized spacial score (nSPS) is 16.4. The van der Waals surface area contributed by atoms with Gasteiger partial charge in [-0.1, -0.05) is 109 Å². The lowest BCUT2D eigenvalue weighted by atomic mass is 9.69. The van der Waals surface area contributed by atoms with Gasteiger partial charge in [-0.25, -0.2) is 4.98 Å². The minimum absolute atomic E-state index is 0.312. The average molecular weight is 424 g/mol. The standard InChI is InChI=1S/C32H25N/c1-3-21-32(24-19-17-22(2)18-20-24)27-15-9-7-13-25(27)29-30(32)26-14-8-10-16-28(26)33-31(29)23-11-5-4-6-12-23/h3-20H,1,21H2,2H3. The van der Waals surface area contributed by atoms with Gasteiger partial charge in [0.25, 0.3) is 0 Å². The van der Waals surface area contributed by atoms with Gasteiger partial charge in [0.05, 0.1) is 16.6 Å². The zero-order valence-electron chi connectivity index (χ0n) is 18.8. The summed E-state index contributed by atoms with van der Waals surface area (Å²) in [5.74, 6) is 0. The fourth-order valence-electron chi connectivity index (χ4n) is 5.61. The Bertz CT molecular complexity index is 1500. The van der Waals surface area contributed by atoms with E-state index in [0.29, 0.717) is 0 Å². The molecule has 1 aliphatic rings. The molecule has 1 heterocycles. The molecule has 4 aromatic carbocycles. The molecule has 6 rings (SSSR count). The maximum Gasteiger partial charge on any atom is 0.0791 e. The topological polar surface area (TPSA) is 12.9 Å². The highest BCUT2D eigenvalue weighted by Crippen LogP contribution is 2.58. The van der Waals surface area contributed by atoms with E-state index in [-0.39, 0.29) is 5.41 Å². The summed E-state index contributed by atoms with van der Waals surface area (Å²) in [6, 6.07) is 37.1. The van der Waals surface area contributed by atoms with E-state index in [9.17, 15) is 0 Å². The third kappa shape index (κ3) is 2.82. The zero-order chi connectivity index (χ0) is 22.4. The van der Waals surface area contributed by atoms with E-state index >= 15 is 0 Å². The smallest absolute Gasteiger partial charge is 0.0791 e. The van der Waals surface area contributed by atoms with Crippen molar-refractivity contribution in [3.05, 3.63) is 138 Å². The molecule has 1 heteroatoms. The first-order chi connectivity index (χ1) is 16.2. The lowest BCUT2D eigenvalue weighted by molar-refractivity contribution is 0.650. The molecule has 0 radical (unpaired) electrons. The monoisotopic (exact) mass is 423 g/mol. The van der Waals surface area contributed by atoms with Crippen LogP contribution in [0.1, 0.15) is 28.7 Å². The van der Waals surface area contributed by atoms with E-state index in [1.165, 1.54) is 38.8 Å². The third-order valence-corrected chi connectivity index (χ3v) is 7.02. The summed E-state index contributed by atoms with van der Waals surface area (Å²) in [6.45, 7) is 6.35. The number of para-hydroxylation sites is 1. The van der Waals surface area contributed by atoms with Gasteiger partial charge in [-0.3, -0.25) is 0 Å². The molecule has 0 saturated carbocycles. The Kier molecular flexibility index (Phi) is 4.52. The number of pyridine rings is 1. The van der Waals surface area contributed by atoms with Crippen LogP contribution in [0.3, 0.4) is 0 Å². The molecule has 1 aromatic heterocycles. The molecule has 158 valence electrons. The van der Waals surface area contributed by atoms with Gasteiger partial charge in [-0.05, 0) is 41.7 Å². The summed E-state index contributed by atoms with van der Waals surface area (Å²) in [5, 5.41) is 1.21. The Morgan fingerprint density at radius 2 is 1.48 bits per heavy atom. The molecule has 0 aliphatic heterocycles. The van der Waals surface area contributed by atoms with Crippen molar-refractivity contribution < 1.29 is 0 Å². The summed E-state index contributed by atoms with van der Waals surface area (Å²) in [4.78, 5) is 5.22. The predicted octanol–water partition coefficient (Wildman–Crippen LogP) is 8.10. The Labute approximate surface area is 195 Å². The van der Waals surface area contributed by atoms with Crippen molar-refractivity contribution in [2.45, 2.75) is 18.8 Å². The van der Waals surface area contributed by atoms with Crippen molar-refractivity contribution in [2.24, 2.45) is 0 Å². The maximum absolute atomic E-state index is 5.22. The van der Waals surface area contributed by atoms with Crippen LogP contribution in [0.2, 0.25) is 0 Å². The third-order valence-electron chi connectivity index (χ3n) is 7.02. The Balaban J connectivity index is 1.84.